The molecule has 2 aromatic rings. The lowest BCUT2D eigenvalue weighted by Gasteiger charge is -2.09. The molecule has 0 aliphatic heterocycles. The predicted molar refractivity (Wildman–Crippen MR) is 75.9 cm³/mol. The van der Waals surface area contributed by atoms with Gasteiger partial charge in [-0.1, -0.05) is 12.1 Å². The van der Waals surface area contributed by atoms with E-state index in [2.05, 4.69) is 11.1 Å². The van der Waals surface area contributed by atoms with Gasteiger partial charge < -0.3 is 10.5 Å². The number of anilines is 1. The van der Waals surface area contributed by atoms with Gasteiger partial charge in [0, 0.05) is 28.1 Å². The maximum absolute atomic E-state index is 5.90. The van der Waals surface area contributed by atoms with Gasteiger partial charge in [-0.25, -0.2) is 4.98 Å². The third kappa shape index (κ3) is 2.76. The standard InChI is InChI=1S/C14H16N2OS/c1-10-12(15)6-3-7-13(10)18-9-11-5-4-8-16-14(11)17-2/h3-8H,9,15H2,1-2H3. The summed E-state index contributed by atoms with van der Waals surface area (Å²) >= 11 is 1.74. The van der Waals surface area contributed by atoms with Crippen molar-refractivity contribution >= 4 is 17.4 Å². The van der Waals surface area contributed by atoms with Crippen molar-refractivity contribution in [3.63, 3.8) is 0 Å². The van der Waals surface area contributed by atoms with Crippen molar-refractivity contribution in [1.82, 2.24) is 4.98 Å². The number of nitrogen functional groups attached to an aromatic ring is 1. The number of rotatable bonds is 4. The SMILES string of the molecule is COc1ncccc1CSc1cccc(N)c1C. The number of nitrogens with two attached hydrogens (primary N) is 1. The highest BCUT2D eigenvalue weighted by atomic mass is 32.2. The maximum atomic E-state index is 5.90. The number of hydrogen-bond donors (Lipinski definition) is 1. The third-order valence-corrected chi connectivity index (χ3v) is 3.96. The van der Waals surface area contributed by atoms with Crippen LogP contribution >= 0.6 is 11.8 Å². The highest BCUT2D eigenvalue weighted by Gasteiger charge is 2.06. The monoisotopic (exact) mass is 260 g/mol. The Morgan fingerprint density at radius 1 is 1.28 bits per heavy atom. The van der Waals surface area contributed by atoms with E-state index < -0.39 is 0 Å². The van der Waals surface area contributed by atoms with Gasteiger partial charge in [-0.2, -0.15) is 0 Å². The second-order valence-corrected chi connectivity index (χ2v) is 4.95. The van der Waals surface area contributed by atoms with Crippen molar-refractivity contribution in [3.8, 4) is 5.88 Å². The summed E-state index contributed by atoms with van der Waals surface area (Å²) < 4.78 is 5.24. The second kappa shape index (κ2) is 5.78. The van der Waals surface area contributed by atoms with Crippen LogP contribution in [-0.2, 0) is 5.75 Å². The van der Waals surface area contributed by atoms with Gasteiger partial charge >= 0.3 is 0 Å². The molecule has 0 fully saturated rings. The summed E-state index contributed by atoms with van der Waals surface area (Å²) in [5.41, 5.74) is 8.95. The summed E-state index contributed by atoms with van der Waals surface area (Å²) in [6.07, 6.45) is 1.73. The number of benzene rings is 1. The highest BCUT2D eigenvalue weighted by Crippen LogP contribution is 2.30. The smallest absolute Gasteiger partial charge is 0.217 e. The van der Waals surface area contributed by atoms with Crippen LogP contribution in [-0.4, -0.2) is 12.1 Å². The Kier molecular flexibility index (Phi) is 4.10. The minimum Gasteiger partial charge on any atom is -0.481 e. The maximum Gasteiger partial charge on any atom is 0.217 e. The van der Waals surface area contributed by atoms with E-state index in [9.17, 15) is 0 Å². The zero-order valence-electron chi connectivity index (χ0n) is 10.5. The number of thioether (sulfide) groups is 1. The van der Waals surface area contributed by atoms with Gasteiger partial charge in [0.05, 0.1) is 7.11 Å². The molecule has 0 aliphatic carbocycles. The molecule has 0 unspecified atom stereocenters. The normalized spacial score (nSPS) is 10.3. The molecule has 94 valence electrons. The van der Waals surface area contributed by atoms with Crippen molar-refractivity contribution in [2.45, 2.75) is 17.6 Å². The summed E-state index contributed by atoms with van der Waals surface area (Å²) in [7, 11) is 1.64. The first-order chi connectivity index (χ1) is 8.72. The summed E-state index contributed by atoms with van der Waals surface area (Å²) in [6.45, 7) is 2.04. The average Bonchev–Trinajstić information content (AvgIpc) is 2.41. The van der Waals surface area contributed by atoms with Crippen LogP contribution in [0.5, 0.6) is 5.88 Å². The lowest BCUT2D eigenvalue weighted by atomic mass is 10.2. The number of nitrogens with zero attached hydrogens (tertiary/aromatic N) is 1. The molecule has 0 atom stereocenters. The average molecular weight is 260 g/mol. The van der Waals surface area contributed by atoms with E-state index in [0.717, 1.165) is 22.6 Å². The molecule has 0 radical (unpaired) electrons. The van der Waals surface area contributed by atoms with Crippen LogP contribution in [0.4, 0.5) is 5.69 Å². The van der Waals surface area contributed by atoms with E-state index in [1.807, 2.05) is 31.2 Å². The molecule has 1 aromatic heterocycles. The van der Waals surface area contributed by atoms with E-state index in [-0.39, 0.29) is 0 Å². The molecule has 2 rings (SSSR count). The van der Waals surface area contributed by atoms with Crippen LogP contribution < -0.4 is 10.5 Å². The fraction of sp³-hybridized carbons (Fsp3) is 0.214. The zero-order valence-corrected chi connectivity index (χ0v) is 11.3. The van der Waals surface area contributed by atoms with Crippen LogP contribution in [0, 0.1) is 6.92 Å². The van der Waals surface area contributed by atoms with Crippen molar-refractivity contribution in [3.05, 3.63) is 47.7 Å². The summed E-state index contributed by atoms with van der Waals surface area (Å²) in [5.74, 6) is 1.51. The summed E-state index contributed by atoms with van der Waals surface area (Å²) in [5, 5.41) is 0. The lowest BCUT2D eigenvalue weighted by molar-refractivity contribution is 0.394. The third-order valence-electron chi connectivity index (χ3n) is 2.75. The summed E-state index contributed by atoms with van der Waals surface area (Å²) in [6, 6.07) is 9.93. The van der Waals surface area contributed by atoms with E-state index in [0.29, 0.717) is 5.88 Å². The van der Waals surface area contributed by atoms with E-state index in [1.54, 1.807) is 25.1 Å². The first-order valence-corrected chi connectivity index (χ1v) is 6.66. The fourth-order valence-corrected chi connectivity index (χ4v) is 2.70. The Bertz CT molecular complexity index is 543. The largest absolute Gasteiger partial charge is 0.481 e. The van der Waals surface area contributed by atoms with Crippen LogP contribution in [0.2, 0.25) is 0 Å². The molecule has 4 heteroatoms. The number of hydrogen-bond acceptors (Lipinski definition) is 4. The molecule has 0 saturated carbocycles. The van der Waals surface area contributed by atoms with Gasteiger partial charge in [0.1, 0.15) is 0 Å². The Morgan fingerprint density at radius 2 is 2.11 bits per heavy atom. The lowest BCUT2D eigenvalue weighted by Crippen LogP contribution is -1.94. The summed E-state index contributed by atoms with van der Waals surface area (Å²) in [4.78, 5) is 5.38. The number of pyridine rings is 1. The predicted octanol–water partition coefficient (Wildman–Crippen LogP) is 3.27. The quantitative estimate of drug-likeness (QED) is 0.677. The molecular formula is C14H16N2OS. The van der Waals surface area contributed by atoms with E-state index >= 15 is 0 Å². The van der Waals surface area contributed by atoms with Crippen LogP contribution in [0.15, 0.2) is 41.4 Å². The van der Waals surface area contributed by atoms with Crippen molar-refractivity contribution in [2.75, 3.05) is 12.8 Å². The van der Waals surface area contributed by atoms with Gasteiger partial charge in [0.15, 0.2) is 0 Å². The Morgan fingerprint density at radius 3 is 2.89 bits per heavy atom. The van der Waals surface area contributed by atoms with Crippen molar-refractivity contribution in [2.24, 2.45) is 0 Å². The van der Waals surface area contributed by atoms with Gasteiger partial charge in [0.2, 0.25) is 5.88 Å². The second-order valence-electron chi connectivity index (χ2n) is 3.93. The molecule has 0 spiro atoms. The van der Waals surface area contributed by atoms with Gasteiger partial charge in [-0.15, -0.1) is 11.8 Å². The van der Waals surface area contributed by atoms with Crippen LogP contribution in [0.1, 0.15) is 11.1 Å². The first-order valence-electron chi connectivity index (χ1n) is 5.68. The van der Waals surface area contributed by atoms with Gasteiger partial charge in [0.25, 0.3) is 0 Å². The Hall–Kier alpha value is -1.68. The number of ether oxygens (including phenoxy) is 1. The number of aromatic nitrogens is 1. The Balaban J connectivity index is 2.14. The van der Waals surface area contributed by atoms with Gasteiger partial charge in [-0.05, 0) is 30.7 Å². The first kappa shape index (κ1) is 12.8. The molecule has 0 bridgehead atoms. The molecule has 1 heterocycles. The topological polar surface area (TPSA) is 48.1 Å². The molecule has 18 heavy (non-hydrogen) atoms. The van der Waals surface area contributed by atoms with Crippen LogP contribution in [0.25, 0.3) is 0 Å². The van der Waals surface area contributed by atoms with Crippen molar-refractivity contribution < 1.29 is 4.74 Å². The zero-order chi connectivity index (χ0) is 13.0. The molecule has 3 nitrogen and oxygen atoms in total. The highest BCUT2D eigenvalue weighted by molar-refractivity contribution is 7.98. The molecule has 0 saturated heterocycles. The van der Waals surface area contributed by atoms with Gasteiger partial charge in [-0.3, -0.25) is 0 Å². The number of methoxy groups -OCH3 is 1. The molecule has 1 aromatic carbocycles. The van der Waals surface area contributed by atoms with Crippen molar-refractivity contribution in [1.29, 1.82) is 0 Å². The van der Waals surface area contributed by atoms with E-state index in [1.165, 1.54) is 4.90 Å². The van der Waals surface area contributed by atoms with E-state index in [4.69, 9.17) is 10.5 Å². The molecule has 2 N–H and O–H groups in total. The Labute approximate surface area is 111 Å². The molecule has 0 aliphatic rings. The minimum absolute atomic E-state index is 0.687. The molecular weight excluding hydrogens is 244 g/mol. The fourth-order valence-electron chi connectivity index (χ4n) is 1.66. The van der Waals surface area contributed by atoms with Crippen LogP contribution in [0.3, 0.4) is 0 Å². The molecule has 0 amide bonds. The minimum atomic E-state index is 0.687.